The van der Waals surface area contributed by atoms with E-state index in [0.717, 1.165) is 0 Å². The minimum absolute atomic E-state index is 0.163. The number of nitrogens with one attached hydrogen (secondary N) is 1. The fourth-order valence-electron chi connectivity index (χ4n) is 1.42. The molecule has 0 saturated carbocycles. The molecule has 0 aliphatic heterocycles. The first kappa shape index (κ1) is 15.3. The monoisotopic (exact) mass is 266 g/mol. The lowest BCUT2D eigenvalue weighted by molar-refractivity contribution is 0.0902. The topological polar surface area (TPSA) is 73.6 Å². The molecular weight excluding hydrogens is 244 g/mol. The molecule has 1 unspecified atom stereocenters. The van der Waals surface area contributed by atoms with Gasteiger partial charge < -0.3 is 20.5 Å². The summed E-state index contributed by atoms with van der Waals surface area (Å²) in [7, 11) is 3.09. The van der Waals surface area contributed by atoms with Gasteiger partial charge in [-0.25, -0.2) is 0 Å². The van der Waals surface area contributed by atoms with Gasteiger partial charge in [0.15, 0.2) is 0 Å². The van der Waals surface area contributed by atoms with E-state index in [-0.39, 0.29) is 11.9 Å². The van der Waals surface area contributed by atoms with E-state index in [1.165, 1.54) is 0 Å². The van der Waals surface area contributed by atoms with Crippen LogP contribution in [-0.2, 0) is 0 Å². The maximum absolute atomic E-state index is 12.2. The highest BCUT2D eigenvalue weighted by molar-refractivity contribution is 5.95. The molecular formula is C14H22N2O3. The predicted octanol–water partition coefficient (Wildman–Crippen LogP) is 1.56. The lowest BCUT2D eigenvalue weighted by Gasteiger charge is -2.30. The summed E-state index contributed by atoms with van der Waals surface area (Å²) in [6.45, 7) is 5.62. The Balaban J connectivity index is 2.99. The molecule has 106 valence electrons. The highest BCUT2D eigenvalue weighted by atomic mass is 16.5. The number of hydrogen-bond donors (Lipinski definition) is 2. The van der Waals surface area contributed by atoms with Crippen LogP contribution in [0.5, 0.6) is 11.5 Å². The molecule has 0 saturated heterocycles. The summed E-state index contributed by atoms with van der Waals surface area (Å²) in [4.78, 5) is 12.2. The molecule has 1 aromatic carbocycles. The molecule has 0 aromatic heterocycles. The molecule has 3 N–H and O–H groups in total. The van der Waals surface area contributed by atoms with Crippen molar-refractivity contribution in [3.8, 4) is 11.5 Å². The lowest BCUT2D eigenvalue weighted by Crippen LogP contribution is -2.54. The average Bonchev–Trinajstić information content (AvgIpc) is 2.37. The Bertz CT molecular complexity index is 434. The summed E-state index contributed by atoms with van der Waals surface area (Å²) >= 11 is 0. The van der Waals surface area contributed by atoms with Gasteiger partial charge in [0.25, 0.3) is 5.91 Å². The third-order valence-electron chi connectivity index (χ3n) is 3.19. The number of carbonyl (C=O) groups is 1. The SMILES string of the molecule is COc1cc(OC)cc(C(=O)NC(C)(C)C(C)N)c1. The van der Waals surface area contributed by atoms with Crippen LogP contribution in [0.1, 0.15) is 31.1 Å². The predicted molar refractivity (Wildman–Crippen MR) is 74.7 cm³/mol. The summed E-state index contributed by atoms with van der Waals surface area (Å²) < 4.78 is 10.3. The first-order chi connectivity index (χ1) is 8.80. The first-order valence-electron chi connectivity index (χ1n) is 6.11. The Kier molecular flexibility index (Phi) is 4.78. The molecule has 1 atom stereocenters. The van der Waals surface area contributed by atoms with Crippen molar-refractivity contribution in [2.75, 3.05) is 14.2 Å². The molecule has 0 radical (unpaired) electrons. The number of carbonyl (C=O) groups excluding carboxylic acids is 1. The molecule has 19 heavy (non-hydrogen) atoms. The van der Waals surface area contributed by atoms with Crippen molar-refractivity contribution in [1.82, 2.24) is 5.32 Å². The van der Waals surface area contributed by atoms with Crippen LogP contribution in [0.4, 0.5) is 0 Å². The van der Waals surface area contributed by atoms with Crippen molar-refractivity contribution in [3.05, 3.63) is 23.8 Å². The first-order valence-corrected chi connectivity index (χ1v) is 6.11. The largest absolute Gasteiger partial charge is 0.497 e. The number of benzene rings is 1. The number of rotatable bonds is 5. The fourth-order valence-corrected chi connectivity index (χ4v) is 1.42. The molecule has 0 bridgehead atoms. The molecule has 0 spiro atoms. The van der Waals surface area contributed by atoms with E-state index in [2.05, 4.69) is 5.32 Å². The van der Waals surface area contributed by atoms with Gasteiger partial charge in [0.2, 0.25) is 0 Å². The third-order valence-corrected chi connectivity index (χ3v) is 3.19. The molecule has 5 heteroatoms. The zero-order chi connectivity index (χ0) is 14.6. The van der Waals surface area contributed by atoms with Gasteiger partial charge in [0.05, 0.1) is 14.2 Å². The van der Waals surface area contributed by atoms with Crippen LogP contribution in [0.25, 0.3) is 0 Å². The van der Waals surface area contributed by atoms with Gasteiger partial charge >= 0.3 is 0 Å². The van der Waals surface area contributed by atoms with Gasteiger partial charge in [0.1, 0.15) is 11.5 Å². The summed E-state index contributed by atoms with van der Waals surface area (Å²) in [6.07, 6.45) is 0. The Labute approximate surface area is 114 Å². The minimum atomic E-state index is -0.493. The van der Waals surface area contributed by atoms with Crippen molar-refractivity contribution >= 4 is 5.91 Å². The van der Waals surface area contributed by atoms with Crippen molar-refractivity contribution in [1.29, 1.82) is 0 Å². The third kappa shape index (κ3) is 3.86. The number of nitrogens with two attached hydrogens (primary N) is 1. The van der Waals surface area contributed by atoms with Crippen LogP contribution in [0.15, 0.2) is 18.2 Å². The second-order valence-corrected chi connectivity index (χ2v) is 5.07. The molecule has 0 heterocycles. The van der Waals surface area contributed by atoms with Crippen LogP contribution in [-0.4, -0.2) is 31.7 Å². The number of amides is 1. The molecule has 0 aliphatic carbocycles. The summed E-state index contributed by atoms with van der Waals surface area (Å²) in [5, 5.41) is 2.90. The van der Waals surface area contributed by atoms with Gasteiger partial charge in [-0.1, -0.05) is 0 Å². The van der Waals surface area contributed by atoms with E-state index in [1.807, 2.05) is 20.8 Å². The maximum atomic E-state index is 12.2. The smallest absolute Gasteiger partial charge is 0.252 e. The van der Waals surface area contributed by atoms with Gasteiger partial charge in [-0.3, -0.25) is 4.79 Å². The van der Waals surface area contributed by atoms with E-state index in [0.29, 0.717) is 17.1 Å². The van der Waals surface area contributed by atoms with E-state index in [1.54, 1.807) is 32.4 Å². The second kappa shape index (κ2) is 5.93. The molecule has 1 aromatic rings. The summed E-state index contributed by atoms with van der Waals surface area (Å²) in [5.74, 6) is 0.936. The molecule has 1 rings (SSSR count). The molecule has 0 aliphatic rings. The van der Waals surface area contributed by atoms with Gasteiger partial charge in [-0.05, 0) is 32.9 Å². The minimum Gasteiger partial charge on any atom is -0.497 e. The molecule has 0 fully saturated rings. The van der Waals surface area contributed by atoms with Crippen LogP contribution in [0, 0.1) is 0 Å². The highest BCUT2D eigenvalue weighted by Gasteiger charge is 2.25. The van der Waals surface area contributed by atoms with Crippen molar-refractivity contribution in [2.45, 2.75) is 32.4 Å². The molecule has 1 amide bonds. The lowest BCUT2D eigenvalue weighted by atomic mass is 9.96. The van der Waals surface area contributed by atoms with Crippen LogP contribution in [0.2, 0.25) is 0 Å². The van der Waals surface area contributed by atoms with Gasteiger partial charge in [-0.15, -0.1) is 0 Å². The van der Waals surface area contributed by atoms with Gasteiger partial charge in [0, 0.05) is 23.2 Å². The Morgan fingerprint density at radius 1 is 1.21 bits per heavy atom. The summed E-state index contributed by atoms with van der Waals surface area (Å²) in [5.41, 5.74) is 5.83. The number of ether oxygens (including phenoxy) is 2. The Hall–Kier alpha value is -1.75. The van der Waals surface area contributed by atoms with Crippen molar-refractivity contribution in [2.24, 2.45) is 5.73 Å². The second-order valence-electron chi connectivity index (χ2n) is 5.07. The number of hydrogen-bond acceptors (Lipinski definition) is 4. The van der Waals surface area contributed by atoms with E-state index in [9.17, 15) is 4.79 Å². The van der Waals surface area contributed by atoms with Crippen LogP contribution < -0.4 is 20.5 Å². The Morgan fingerprint density at radius 3 is 2.05 bits per heavy atom. The average molecular weight is 266 g/mol. The fraction of sp³-hybridized carbons (Fsp3) is 0.500. The van der Waals surface area contributed by atoms with Gasteiger partial charge in [-0.2, -0.15) is 0 Å². The Morgan fingerprint density at radius 2 is 1.68 bits per heavy atom. The normalized spacial score (nSPS) is 12.7. The van der Waals surface area contributed by atoms with Crippen molar-refractivity contribution < 1.29 is 14.3 Å². The van der Waals surface area contributed by atoms with E-state index in [4.69, 9.17) is 15.2 Å². The zero-order valence-corrected chi connectivity index (χ0v) is 12.1. The standard InChI is InChI=1S/C14H22N2O3/c1-9(15)14(2,3)16-13(17)10-6-11(18-4)8-12(7-10)19-5/h6-9H,15H2,1-5H3,(H,16,17). The summed E-state index contributed by atoms with van der Waals surface area (Å²) in [6, 6.07) is 4.88. The van der Waals surface area contributed by atoms with E-state index >= 15 is 0 Å². The maximum Gasteiger partial charge on any atom is 0.252 e. The molecule has 5 nitrogen and oxygen atoms in total. The van der Waals surface area contributed by atoms with Crippen LogP contribution >= 0.6 is 0 Å². The van der Waals surface area contributed by atoms with Crippen LogP contribution in [0.3, 0.4) is 0 Å². The quantitative estimate of drug-likeness (QED) is 0.848. The number of methoxy groups -OCH3 is 2. The zero-order valence-electron chi connectivity index (χ0n) is 12.1. The van der Waals surface area contributed by atoms with E-state index < -0.39 is 5.54 Å². The van der Waals surface area contributed by atoms with Crippen molar-refractivity contribution in [3.63, 3.8) is 0 Å². The highest BCUT2D eigenvalue weighted by Crippen LogP contribution is 2.23.